The van der Waals surface area contributed by atoms with Gasteiger partial charge in [0.05, 0.1) is 11.5 Å². The predicted octanol–water partition coefficient (Wildman–Crippen LogP) is 0.289. The number of nitrogen functional groups attached to an aromatic ring is 1. The third-order valence-electron chi connectivity index (χ3n) is 2.65. The Kier molecular flexibility index (Phi) is 3.00. The molecule has 0 atom stereocenters. The molecule has 1 aromatic rings. The second kappa shape index (κ2) is 4.29. The molecule has 16 heavy (non-hydrogen) atoms. The minimum Gasteiger partial charge on any atom is -0.399 e. The van der Waals surface area contributed by atoms with Crippen LogP contribution < -0.4 is 10.6 Å². The molecular weight excluding hydrogens is 226 g/mol. The molecule has 1 aromatic heterocycles. The Balaban J connectivity index is 2.17. The molecular formula is C10H15N3O2S. The van der Waals surface area contributed by atoms with Crippen LogP contribution in [0.1, 0.15) is 6.42 Å². The van der Waals surface area contributed by atoms with Crippen LogP contribution in [0.4, 0.5) is 11.5 Å². The van der Waals surface area contributed by atoms with Crippen molar-refractivity contribution in [3.8, 4) is 0 Å². The van der Waals surface area contributed by atoms with Crippen LogP contribution in [0.5, 0.6) is 0 Å². The third-order valence-corrected chi connectivity index (χ3v) is 4.36. The normalized spacial score (nSPS) is 20.4. The number of aromatic nitrogens is 1. The van der Waals surface area contributed by atoms with Crippen molar-refractivity contribution >= 4 is 21.3 Å². The lowest BCUT2D eigenvalue weighted by molar-refractivity contribution is 0.597. The van der Waals surface area contributed by atoms with Gasteiger partial charge in [0.1, 0.15) is 5.82 Å². The maximum absolute atomic E-state index is 11.4. The number of sulfone groups is 1. The van der Waals surface area contributed by atoms with Gasteiger partial charge in [-0.3, -0.25) is 0 Å². The van der Waals surface area contributed by atoms with Crippen LogP contribution in [-0.4, -0.2) is 38.0 Å². The highest BCUT2D eigenvalue weighted by molar-refractivity contribution is 7.91. The molecule has 88 valence electrons. The summed E-state index contributed by atoms with van der Waals surface area (Å²) in [5.74, 6) is 1.23. The summed E-state index contributed by atoms with van der Waals surface area (Å²) in [5.41, 5.74) is 6.32. The van der Waals surface area contributed by atoms with Gasteiger partial charge in [0.2, 0.25) is 0 Å². The zero-order valence-corrected chi connectivity index (χ0v) is 9.78. The van der Waals surface area contributed by atoms with Crippen LogP contribution in [-0.2, 0) is 9.84 Å². The first kappa shape index (κ1) is 11.2. The lowest BCUT2D eigenvalue weighted by Gasteiger charge is -2.20. The summed E-state index contributed by atoms with van der Waals surface area (Å²) in [7, 11) is -2.87. The van der Waals surface area contributed by atoms with Crippen LogP contribution in [0.15, 0.2) is 18.3 Å². The number of nitrogens with two attached hydrogens (primary N) is 1. The fourth-order valence-electron chi connectivity index (χ4n) is 1.77. The lowest BCUT2D eigenvalue weighted by atomic mass is 10.3. The zero-order chi connectivity index (χ0) is 11.6. The first-order valence-electron chi connectivity index (χ1n) is 5.24. The van der Waals surface area contributed by atoms with E-state index in [1.54, 1.807) is 18.3 Å². The van der Waals surface area contributed by atoms with Crippen molar-refractivity contribution in [1.29, 1.82) is 0 Å². The second-order valence-corrected chi connectivity index (χ2v) is 6.24. The summed E-state index contributed by atoms with van der Waals surface area (Å²) in [6.45, 7) is 1.22. The van der Waals surface area contributed by atoms with E-state index in [2.05, 4.69) is 4.98 Å². The van der Waals surface area contributed by atoms with Crippen molar-refractivity contribution in [1.82, 2.24) is 4.98 Å². The van der Waals surface area contributed by atoms with Crippen LogP contribution in [0, 0.1) is 0 Å². The molecule has 2 N–H and O–H groups in total. The maximum Gasteiger partial charge on any atom is 0.152 e. The molecule has 0 unspecified atom stereocenters. The molecule has 0 saturated carbocycles. The molecule has 5 nitrogen and oxygen atoms in total. The number of anilines is 2. The number of rotatable bonds is 1. The molecule has 6 heteroatoms. The molecule has 0 bridgehead atoms. The minimum absolute atomic E-state index is 0.198. The Morgan fingerprint density at radius 2 is 2.12 bits per heavy atom. The van der Waals surface area contributed by atoms with E-state index in [1.165, 1.54) is 0 Å². The zero-order valence-electron chi connectivity index (χ0n) is 8.96. The lowest BCUT2D eigenvalue weighted by Crippen LogP contribution is -2.27. The van der Waals surface area contributed by atoms with E-state index in [0.29, 0.717) is 18.7 Å². The van der Waals surface area contributed by atoms with Gasteiger partial charge in [-0.25, -0.2) is 13.4 Å². The summed E-state index contributed by atoms with van der Waals surface area (Å²) in [5, 5.41) is 0. The standard InChI is InChI=1S/C10H15N3O2S/c11-9-2-3-12-10(8-9)13-4-1-6-16(14,15)7-5-13/h2-3,8H,1,4-7H2,(H2,11,12). The fraction of sp³-hybridized carbons (Fsp3) is 0.500. The Morgan fingerprint density at radius 3 is 2.88 bits per heavy atom. The fourth-order valence-corrected chi connectivity index (χ4v) is 3.05. The quantitative estimate of drug-likeness (QED) is 0.764. The van der Waals surface area contributed by atoms with Gasteiger partial charge in [0.25, 0.3) is 0 Å². The molecule has 1 fully saturated rings. The molecule has 2 rings (SSSR count). The van der Waals surface area contributed by atoms with E-state index in [4.69, 9.17) is 5.73 Å². The number of pyridine rings is 1. The Hall–Kier alpha value is -1.30. The summed E-state index contributed by atoms with van der Waals surface area (Å²) in [6.07, 6.45) is 2.29. The number of hydrogen-bond donors (Lipinski definition) is 1. The Bertz CT molecular complexity index is 473. The van der Waals surface area contributed by atoms with E-state index in [-0.39, 0.29) is 11.5 Å². The van der Waals surface area contributed by atoms with Gasteiger partial charge in [-0.1, -0.05) is 0 Å². The van der Waals surface area contributed by atoms with E-state index in [1.807, 2.05) is 4.90 Å². The molecule has 0 spiro atoms. The van der Waals surface area contributed by atoms with Crippen molar-refractivity contribution in [2.24, 2.45) is 0 Å². The Labute approximate surface area is 95.2 Å². The number of hydrogen-bond acceptors (Lipinski definition) is 5. The van der Waals surface area contributed by atoms with Crippen LogP contribution in [0.25, 0.3) is 0 Å². The average molecular weight is 241 g/mol. The number of nitrogens with zero attached hydrogens (tertiary/aromatic N) is 2. The monoisotopic (exact) mass is 241 g/mol. The second-order valence-electron chi connectivity index (χ2n) is 3.94. The minimum atomic E-state index is -2.87. The molecule has 1 saturated heterocycles. The molecule has 0 aliphatic carbocycles. The third kappa shape index (κ3) is 2.63. The Morgan fingerprint density at radius 1 is 1.31 bits per heavy atom. The summed E-state index contributed by atoms with van der Waals surface area (Å²) >= 11 is 0. The van der Waals surface area contributed by atoms with Crippen LogP contribution in [0.3, 0.4) is 0 Å². The highest BCUT2D eigenvalue weighted by Gasteiger charge is 2.19. The molecule has 2 heterocycles. The van der Waals surface area contributed by atoms with Crippen molar-refractivity contribution in [3.63, 3.8) is 0 Å². The van der Waals surface area contributed by atoms with Gasteiger partial charge < -0.3 is 10.6 Å². The van der Waals surface area contributed by atoms with Gasteiger partial charge in [-0.15, -0.1) is 0 Å². The van der Waals surface area contributed by atoms with Gasteiger partial charge in [-0.05, 0) is 12.5 Å². The summed E-state index contributed by atoms with van der Waals surface area (Å²) in [6, 6.07) is 3.50. The predicted molar refractivity (Wildman–Crippen MR) is 64.1 cm³/mol. The first-order chi connectivity index (χ1) is 7.57. The van der Waals surface area contributed by atoms with Gasteiger partial charge in [0.15, 0.2) is 9.84 Å². The van der Waals surface area contributed by atoms with E-state index < -0.39 is 9.84 Å². The highest BCUT2D eigenvalue weighted by atomic mass is 32.2. The van der Waals surface area contributed by atoms with Crippen LogP contribution in [0.2, 0.25) is 0 Å². The molecule has 0 aromatic carbocycles. The summed E-state index contributed by atoms with van der Waals surface area (Å²) in [4.78, 5) is 6.18. The van der Waals surface area contributed by atoms with Gasteiger partial charge >= 0.3 is 0 Å². The smallest absolute Gasteiger partial charge is 0.152 e. The highest BCUT2D eigenvalue weighted by Crippen LogP contribution is 2.16. The molecule has 0 radical (unpaired) electrons. The van der Waals surface area contributed by atoms with Crippen molar-refractivity contribution in [3.05, 3.63) is 18.3 Å². The van der Waals surface area contributed by atoms with Gasteiger partial charge in [0, 0.05) is 31.0 Å². The molecule has 0 amide bonds. The topological polar surface area (TPSA) is 76.3 Å². The van der Waals surface area contributed by atoms with E-state index >= 15 is 0 Å². The maximum atomic E-state index is 11.4. The molecule has 1 aliphatic rings. The van der Waals surface area contributed by atoms with E-state index in [9.17, 15) is 8.42 Å². The summed E-state index contributed by atoms with van der Waals surface area (Å²) < 4.78 is 22.9. The van der Waals surface area contributed by atoms with Crippen molar-refractivity contribution in [2.45, 2.75) is 6.42 Å². The largest absolute Gasteiger partial charge is 0.399 e. The molecule has 1 aliphatic heterocycles. The average Bonchev–Trinajstić information content (AvgIpc) is 2.39. The van der Waals surface area contributed by atoms with Crippen molar-refractivity contribution < 1.29 is 8.42 Å². The van der Waals surface area contributed by atoms with Crippen molar-refractivity contribution in [2.75, 3.05) is 35.2 Å². The van der Waals surface area contributed by atoms with Gasteiger partial charge in [-0.2, -0.15) is 0 Å². The first-order valence-corrected chi connectivity index (χ1v) is 7.06. The van der Waals surface area contributed by atoms with Crippen LogP contribution >= 0.6 is 0 Å². The van der Waals surface area contributed by atoms with E-state index in [0.717, 1.165) is 12.4 Å². The SMILES string of the molecule is Nc1ccnc(N2CCCS(=O)(=O)CC2)c1.